The summed E-state index contributed by atoms with van der Waals surface area (Å²) in [5.41, 5.74) is 5.51. The van der Waals surface area contributed by atoms with Crippen molar-refractivity contribution >= 4 is 9.84 Å². The Bertz CT molecular complexity index is 431. The van der Waals surface area contributed by atoms with E-state index in [0.29, 0.717) is 19.4 Å². The predicted octanol–water partition coefficient (Wildman–Crippen LogP) is 1.48. The number of hydrogen-bond acceptors (Lipinski definition) is 3. The molecule has 0 radical (unpaired) electrons. The number of nitrogens with two attached hydrogens (primary N) is 1. The maximum atomic E-state index is 13.2. The molecule has 0 saturated carbocycles. The van der Waals surface area contributed by atoms with Gasteiger partial charge in [0.2, 0.25) is 0 Å². The van der Waals surface area contributed by atoms with Crippen molar-refractivity contribution in [1.29, 1.82) is 0 Å². The first-order chi connectivity index (χ1) is 7.55. The highest BCUT2D eigenvalue weighted by Gasteiger charge is 2.13. The monoisotopic (exact) mass is 245 g/mol. The Morgan fingerprint density at radius 1 is 1.19 bits per heavy atom. The topological polar surface area (TPSA) is 60.2 Å². The minimum Gasteiger partial charge on any atom is -0.330 e. The first kappa shape index (κ1) is 13.1. The van der Waals surface area contributed by atoms with Gasteiger partial charge in [0.25, 0.3) is 0 Å². The van der Waals surface area contributed by atoms with E-state index in [1.54, 1.807) is 12.1 Å². The number of unbranched alkanes of at least 4 members (excludes halogenated alkanes) is 1. The Kier molecular flexibility index (Phi) is 4.89. The van der Waals surface area contributed by atoms with Crippen molar-refractivity contribution < 1.29 is 12.8 Å². The molecule has 5 heteroatoms. The van der Waals surface area contributed by atoms with Gasteiger partial charge < -0.3 is 5.73 Å². The van der Waals surface area contributed by atoms with E-state index in [-0.39, 0.29) is 17.1 Å². The first-order valence-electron chi connectivity index (χ1n) is 5.19. The Labute approximate surface area is 95.4 Å². The summed E-state index contributed by atoms with van der Waals surface area (Å²) in [5.74, 6) is -0.632. The third-order valence-electron chi connectivity index (χ3n) is 2.24. The molecule has 2 N–H and O–H groups in total. The van der Waals surface area contributed by atoms with Crippen molar-refractivity contribution in [2.45, 2.75) is 18.6 Å². The molecule has 0 saturated heterocycles. The molecule has 1 rings (SSSR count). The standard InChI is InChI=1S/C11H16FNO2S/c12-11-6-2-1-5-10(11)9-16(14,15)8-4-3-7-13/h1-2,5-6H,3-4,7-9,13H2. The third-order valence-corrected chi connectivity index (χ3v) is 3.90. The molecule has 0 atom stereocenters. The van der Waals surface area contributed by atoms with Gasteiger partial charge in [-0.2, -0.15) is 0 Å². The lowest BCUT2D eigenvalue weighted by atomic mass is 10.2. The van der Waals surface area contributed by atoms with Crippen molar-refractivity contribution in [2.75, 3.05) is 12.3 Å². The van der Waals surface area contributed by atoms with Crippen LogP contribution in [0, 0.1) is 5.82 Å². The summed E-state index contributed by atoms with van der Waals surface area (Å²) in [6.07, 6.45) is 1.21. The summed E-state index contributed by atoms with van der Waals surface area (Å²) in [4.78, 5) is 0. The van der Waals surface area contributed by atoms with E-state index in [1.165, 1.54) is 12.1 Å². The van der Waals surface area contributed by atoms with Crippen LogP contribution in [-0.4, -0.2) is 20.7 Å². The Balaban J connectivity index is 2.63. The van der Waals surface area contributed by atoms with Gasteiger partial charge in [-0.25, -0.2) is 12.8 Å². The van der Waals surface area contributed by atoms with Crippen molar-refractivity contribution in [3.05, 3.63) is 35.6 Å². The lowest BCUT2D eigenvalue weighted by Crippen LogP contribution is -2.12. The zero-order chi connectivity index (χ0) is 12.0. The first-order valence-corrected chi connectivity index (χ1v) is 7.01. The molecule has 0 heterocycles. The highest BCUT2D eigenvalue weighted by molar-refractivity contribution is 7.90. The smallest absolute Gasteiger partial charge is 0.154 e. The van der Waals surface area contributed by atoms with Crippen molar-refractivity contribution in [3.63, 3.8) is 0 Å². The minimum atomic E-state index is -3.22. The molecule has 0 aliphatic rings. The molecule has 0 bridgehead atoms. The van der Waals surface area contributed by atoms with E-state index in [2.05, 4.69) is 0 Å². The summed E-state index contributed by atoms with van der Waals surface area (Å²) >= 11 is 0. The Morgan fingerprint density at radius 3 is 2.50 bits per heavy atom. The highest BCUT2D eigenvalue weighted by Crippen LogP contribution is 2.12. The van der Waals surface area contributed by atoms with E-state index < -0.39 is 15.7 Å². The minimum absolute atomic E-state index is 0.0680. The van der Waals surface area contributed by atoms with E-state index in [4.69, 9.17) is 5.73 Å². The van der Waals surface area contributed by atoms with Crippen LogP contribution in [0.3, 0.4) is 0 Å². The van der Waals surface area contributed by atoms with Crippen LogP contribution < -0.4 is 5.73 Å². The third kappa shape index (κ3) is 4.28. The molecular formula is C11H16FNO2S. The van der Waals surface area contributed by atoms with Crippen LogP contribution in [0.25, 0.3) is 0 Å². The van der Waals surface area contributed by atoms with Crippen LogP contribution in [0.4, 0.5) is 4.39 Å². The SMILES string of the molecule is NCCCCS(=O)(=O)Cc1ccccc1F. The van der Waals surface area contributed by atoms with E-state index in [9.17, 15) is 12.8 Å². The molecule has 3 nitrogen and oxygen atoms in total. The fourth-order valence-electron chi connectivity index (χ4n) is 1.39. The predicted molar refractivity (Wildman–Crippen MR) is 62.2 cm³/mol. The number of benzene rings is 1. The Hall–Kier alpha value is -0.940. The fourth-order valence-corrected chi connectivity index (χ4v) is 2.89. The second kappa shape index (κ2) is 5.96. The van der Waals surface area contributed by atoms with Gasteiger partial charge in [0.05, 0.1) is 11.5 Å². The summed E-state index contributed by atoms with van der Waals surface area (Å²) in [5, 5.41) is 0. The van der Waals surface area contributed by atoms with Crippen LogP contribution >= 0.6 is 0 Å². The maximum absolute atomic E-state index is 13.2. The lowest BCUT2D eigenvalue weighted by Gasteiger charge is -2.04. The molecule has 16 heavy (non-hydrogen) atoms. The van der Waals surface area contributed by atoms with E-state index >= 15 is 0 Å². The summed E-state index contributed by atoms with van der Waals surface area (Å²) in [6, 6.07) is 5.94. The van der Waals surface area contributed by atoms with Crippen molar-refractivity contribution in [1.82, 2.24) is 0 Å². The molecule has 0 spiro atoms. The van der Waals surface area contributed by atoms with Crippen LogP contribution in [0.2, 0.25) is 0 Å². The number of rotatable bonds is 6. The molecule has 0 amide bonds. The van der Waals surface area contributed by atoms with Crippen LogP contribution in [-0.2, 0) is 15.6 Å². The molecule has 0 aliphatic carbocycles. The zero-order valence-corrected chi connectivity index (χ0v) is 9.84. The molecule has 0 unspecified atom stereocenters. The summed E-state index contributed by atoms with van der Waals surface area (Å²) in [6.45, 7) is 0.481. The molecule has 0 aliphatic heterocycles. The van der Waals surface area contributed by atoms with E-state index in [1.807, 2.05) is 0 Å². The summed E-state index contributed by atoms with van der Waals surface area (Å²) in [7, 11) is -3.22. The van der Waals surface area contributed by atoms with Crippen LogP contribution in [0.15, 0.2) is 24.3 Å². The van der Waals surface area contributed by atoms with Crippen molar-refractivity contribution in [3.8, 4) is 0 Å². The molecular weight excluding hydrogens is 229 g/mol. The highest BCUT2D eigenvalue weighted by atomic mass is 32.2. The van der Waals surface area contributed by atoms with Gasteiger partial charge in [-0.3, -0.25) is 0 Å². The molecule has 90 valence electrons. The van der Waals surface area contributed by atoms with Gasteiger partial charge in [-0.15, -0.1) is 0 Å². The quantitative estimate of drug-likeness (QED) is 0.772. The zero-order valence-electron chi connectivity index (χ0n) is 9.02. The molecule has 0 aromatic heterocycles. The van der Waals surface area contributed by atoms with Crippen LogP contribution in [0.5, 0.6) is 0 Å². The maximum Gasteiger partial charge on any atom is 0.154 e. The van der Waals surface area contributed by atoms with E-state index in [0.717, 1.165) is 0 Å². The normalized spacial score (nSPS) is 11.6. The van der Waals surface area contributed by atoms with Gasteiger partial charge in [-0.1, -0.05) is 18.2 Å². The van der Waals surface area contributed by atoms with Gasteiger partial charge in [-0.05, 0) is 25.5 Å². The van der Waals surface area contributed by atoms with Gasteiger partial charge in [0.15, 0.2) is 9.84 Å². The van der Waals surface area contributed by atoms with Crippen LogP contribution in [0.1, 0.15) is 18.4 Å². The largest absolute Gasteiger partial charge is 0.330 e. The second-order valence-corrected chi connectivity index (χ2v) is 5.86. The summed E-state index contributed by atoms with van der Waals surface area (Å²) < 4.78 is 36.5. The fraction of sp³-hybridized carbons (Fsp3) is 0.455. The average Bonchev–Trinajstić information content (AvgIpc) is 2.21. The lowest BCUT2D eigenvalue weighted by molar-refractivity contribution is 0.583. The Morgan fingerprint density at radius 2 is 1.88 bits per heavy atom. The van der Waals surface area contributed by atoms with Crippen molar-refractivity contribution in [2.24, 2.45) is 5.73 Å². The number of sulfone groups is 1. The number of halogens is 1. The molecule has 1 aromatic carbocycles. The van der Waals surface area contributed by atoms with Gasteiger partial charge >= 0.3 is 0 Å². The average molecular weight is 245 g/mol. The number of hydrogen-bond donors (Lipinski definition) is 1. The second-order valence-electron chi connectivity index (χ2n) is 3.68. The molecule has 1 aromatic rings. The van der Waals surface area contributed by atoms with Gasteiger partial charge in [0, 0.05) is 5.56 Å². The molecule has 0 fully saturated rings. The van der Waals surface area contributed by atoms with Gasteiger partial charge in [0.1, 0.15) is 5.82 Å².